The number of aliphatic carboxylic acids is 3. The Morgan fingerprint density at radius 1 is 0.631 bits per heavy atom. The lowest BCUT2D eigenvalue weighted by Gasteiger charge is -2.30. The van der Waals surface area contributed by atoms with Crippen LogP contribution in [-0.2, 0) is 64.0 Å². The number of likely N-dealkylation sites (tertiary alicyclic amines) is 1. The van der Waals surface area contributed by atoms with Crippen LogP contribution in [-0.4, -0.2) is 211 Å². The average molecular weight is 1190 g/mol. The first-order valence-corrected chi connectivity index (χ1v) is 27.5. The van der Waals surface area contributed by atoms with Gasteiger partial charge < -0.3 is 101 Å². The lowest BCUT2D eigenvalue weighted by atomic mass is 9.97. The van der Waals surface area contributed by atoms with Gasteiger partial charge in [0, 0.05) is 25.9 Å². The van der Waals surface area contributed by atoms with E-state index in [1.807, 2.05) is 5.32 Å². The molecule has 2 rings (SSSR count). The number of aliphatic hydroxyl groups excluding tert-OH is 3. The van der Waals surface area contributed by atoms with E-state index in [-0.39, 0.29) is 51.2 Å². The summed E-state index contributed by atoms with van der Waals surface area (Å²) >= 11 is 0. The molecule has 0 saturated carbocycles. The highest BCUT2D eigenvalue weighted by molar-refractivity contribution is 5.99. The van der Waals surface area contributed by atoms with Gasteiger partial charge in [-0.05, 0) is 76.8 Å². The Morgan fingerprint density at radius 3 is 1.69 bits per heavy atom. The summed E-state index contributed by atoms with van der Waals surface area (Å²) in [6, 6.07) is -7.76. The maximum Gasteiger partial charge on any atom is 0.328 e. The summed E-state index contributed by atoms with van der Waals surface area (Å²) in [5, 5.41) is 77.6. The summed E-state index contributed by atoms with van der Waals surface area (Å²) < 4.78 is 0. The molecule has 0 bridgehead atoms. The zero-order valence-electron chi connectivity index (χ0n) is 47.5. The van der Waals surface area contributed by atoms with Crippen molar-refractivity contribution in [2.24, 2.45) is 33.8 Å². The number of hydrogen-bond acceptors (Lipinski definition) is 18. The van der Waals surface area contributed by atoms with Gasteiger partial charge in [-0.1, -0.05) is 57.0 Å². The molecule has 0 aromatic heterocycles. The molecule has 9 amide bonds. The number of aliphatic hydroxyl groups is 3. The van der Waals surface area contributed by atoms with Crippen LogP contribution in [0.25, 0.3) is 0 Å². The number of nitrogens with one attached hydrogen (secondary N) is 8. The third kappa shape index (κ3) is 24.4. The molecule has 470 valence electrons. The number of guanidine groups is 1. The second-order valence-corrected chi connectivity index (χ2v) is 20.4. The van der Waals surface area contributed by atoms with Gasteiger partial charge in [0.2, 0.25) is 53.2 Å². The van der Waals surface area contributed by atoms with Crippen LogP contribution in [0.1, 0.15) is 104 Å². The topological polar surface area (TPSA) is 542 Å². The molecule has 22 N–H and O–H groups in total. The number of carboxylic acids is 3. The number of aliphatic imine (C=N–C) groups is 1. The number of carbonyl (C=O) groups is 12. The number of benzene rings is 1. The Kier molecular flexibility index (Phi) is 31.3. The monoisotopic (exact) mass is 1190 g/mol. The molecule has 1 aliphatic rings. The van der Waals surface area contributed by atoms with Crippen molar-refractivity contribution in [1.82, 2.24) is 47.4 Å². The highest BCUT2D eigenvalue weighted by atomic mass is 16.4. The Hall–Kier alpha value is -8.07. The summed E-state index contributed by atoms with van der Waals surface area (Å²) in [6.45, 7) is 4.49. The SMILES string of the molecule is CC[C@H](C)[C@H](NC(=O)[C@H](CC(=O)O)NC(=O)[C@H](CCCN=C(N)N)NC(=O)[C@H](CCC(=O)O)NC(=O)[C@H](Cc1ccccc1)NC(=O)[C@@H]1CCCN1C(=O)[C@@H](N)CCCCN)C(=O)N[C@@H](CO)C(=O)N[C@H](C(=O)N[C@H](C(=O)O)[C@@H](C)O)[C@@H](C)O. The Morgan fingerprint density at radius 2 is 1.15 bits per heavy atom. The first-order valence-electron chi connectivity index (χ1n) is 27.5. The van der Waals surface area contributed by atoms with Crippen molar-refractivity contribution in [3.63, 3.8) is 0 Å². The quantitative estimate of drug-likeness (QED) is 0.0166. The molecule has 1 aliphatic heterocycles. The lowest BCUT2D eigenvalue weighted by Crippen LogP contribution is -2.63. The maximum absolute atomic E-state index is 14.3. The van der Waals surface area contributed by atoms with Crippen molar-refractivity contribution < 1.29 is 88.2 Å². The zero-order chi connectivity index (χ0) is 63.4. The fraction of sp³-hybridized carbons (Fsp3) is 0.635. The van der Waals surface area contributed by atoms with Gasteiger partial charge in [0.15, 0.2) is 12.0 Å². The molecule has 1 fully saturated rings. The average Bonchev–Trinajstić information content (AvgIpc) is 3.92. The van der Waals surface area contributed by atoms with Crippen LogP contribution in [0.5, 0.6) is 0 Å². The van der Waals surface area contributed by atoms with Gasteiger partial charge in [0.1, 0.15) is 48.3 Å². The molecule has 0 spiro atoms. The smallest absolute Gasteiger partial charge is 0.328 e. The summed E-state index contributed by atoms with van der Waals surface area (Å²) in [5.41, 5.74) is 23.3. The number of carbonyl (C=O) groups excluding carboxylic acids is 9. The van der Waals surface area contributed by atoms with Gasteiger partial charge in [0.05, 0.1) is 31.3 Å². The molecule has 32 heteroatoms. The number of rotatable bonds is 38. The minimum atomic E-state index is -2.02. The van der Waals surface area contributed by atoms with E-state index in [4.69, 9.17) is 22.9 Å². The number of nitrogens with two attached hydrogens (primary N) is 4. The van der Waals surface area contributed by atoms with E-state index < -0.39 is 175 Å². The largest absolute Gasteiger partial charge is 0.481 e. The highest BCUT2D eigenvalue weighted by Crippen LogP contribution is 2.20. The van der Waals surface area contributed by atoms with Crippen molar-refractivity contribution in [2.75, 3.05) is 26.2 Å². The Labute approximate surface area is 484 Å². The minimum Gasteiger partial charge on any atom is -0.481 e. The molecule has 0 aliphatic carbocycles. The van der Waals surface area contributed by atoms with Crippen molar-refractivity contribution in [3.05, 3.63) is 35.9 Å². The van der Waals surface area contributed by atoms with Crippen molar-refractivity contribution in [1.29, 1.82) is 0 Å². The van der Waals surface area contributed by atoms with E-state index in [1.165, 1.54) is 11.8 Å². The maximum atomic E-state index is 14.3. The molecule has 1 heterocycles. The summed E-state index contributed by atoms with van der Waals surface area (Å²) in [4.78, 5) is 165. The van der Waals surface area contributed by atoms with Gasteiger partial charge in [0.25, 0.3) is 0 Å². The molecule has 1 saturated heterocycles. The summed E-state index contributed by atoms with van der Waals surface area (Å²) in [6.07, 6.45) is -3.95. The number of unbranched alkanes of at least 4 members (excludes halogenated alkanes) is 1. The van der Waals surface area contributed by atoms with E-state index in [1.54, 1.807) is 37.3 Å². The first-order chi connectivity index (χ1) is 39.6. The lowest BCUT2D eigenvalue weighted by molar-refractivity contribution is -0.146. The molecular weight excluding hydrogens is 1110 g/mol. The molecule has 0 radical (unpaired) electrons. The van der Waals surface area contributed by atoms with Crippen molar-refractivity contribution >= 4 is 77.0 Å². The second-order valence-electron chi connectivity index (χ2n) is 20.4. The first kappa shape index (κ1) is 72.0. The standard InChI is InChI=1S/C52H84N14O18/c1-5-26(2)39(48(80)62-35(25-67)46(78)64-40(27(3)68)49(81)65-41(28(4)69)51(83)84)63-45(77)34(24-38(72)73)60-42(74)31(16-11-21-57-52(55)56)58-43(75)32(18-19-37(70)71)59-44(76)33(23-29-13-7-6-8-14-29)61-47(79)36-17-12-22-66(36)50(82)30(54)15-9-10-20-53/h6-8,13-14,26-28,30-36,39-41,67-69H,5,9-12,15-25,53-54H2,1-4H3,(H,58,75)(H,59,76)(H,60,74)(H,61,79)(H,62,80)(H,63,77)(H,64,78)(H,65,81)(H,70,71)(H,72,73)(H,83,84)(H4,55,56,57)/t26-,27+,28+,30-,31-,32-,33-,34-,35-,36-,39-,40-,41-/m0/s1. The van der Waals surface area contributed by atoms with Crippen molar-refractivity contribution in [2.45, 2.75) is 177 Å². The third-order valence-electron chi connectivity index (χ3n) is 13.6. The number of hydrogen-bond donors (Lipinski definition) is 18. The van der Waals surface area contributed by atoms with Crippen LogP contribution >= 0.6 is 0 Å². The summed E-state index contributed by atoms with van der Waals surface area (Å²) in [5.74, 6) is -15.3. The Bertz CT molecular complexity index is 2450. The number of nitrogens with zero attached hydrogens (tertiary/aromatic N) is 2. The predicted molar refractivity (Wildman–Crippen MR) is 298 cm³/mol. The molecule has 0 unspecified atom stereocenters. The fourth-order valence-electron chi connectivity index (χ4n) is 8.69. The van der Waals surface area contributed by atoms with E-state index in [0.29, 0.717) is 37.8 Å². The van der Waals surface area contributed by atoms with E-state index in [0.717, 1.165) is 13.8 Å². The van der Waals surface area contributed by atoms with Crippen LogP contribution < -0.4 is 65.5 Å². The zero-order valence-corrected chi connectivity index (χ0v) is 47.5. The fourth-order valence-corrected chi connectivity index (χ4v) is 8.69. The number of amides is 9. The van der Waals surface area contributed by atoms with Gasteiger partial charge in [-0.25, -0.2) is 4.79 Å². The van der Waals surface area contributed by atoms with E-state index >= 15 is 0 Å². The predicted octanol–water partition coefficient (Wildman–Crippen LogP) is -6.17. The molecule has 1 aromatic rings. The molecular formula is C52H84N14O18. The normalized spacial score (nSPS) is 17.2. The summed E-state index contributed by atoms with van der Waals surface area (Å²) in [7, 11) is 0. The van der Waals surface area contributed by atoms with Gasteiger partial charge in [-0.15, -0.1) is 0 Å². The van der Waals surface area contributed by atoms with Crippen molar-refractivity contribution in [3.8, 4) is 0 Å². The van der Waals surface area contributed by atoms with E-state index in [9.17, 15) is 88.2 Å². The van der Waals surface area contributed by atoms with E-state index in [2.05, 4.69) is 42.2 Å². The second kappa shape index (κ2) is 36.5. The Balaban J connectivity index is 2.48. The number of carboxylic acid groups (broad SMARTS) is 3. The highest BCUT2D eigenvalue weighted by Gasteiger charge is 2.40. The van der Waals surface area contributed by atoms with Crippen LogP contribution in [0.2, 0.25) is 0 Å². The third-order valence-corrected chi connectivity index (χ3v) is 13.6. The minimum absolute atomic E-state index is 0.0636. The molecule has 84 heavy (non-hydrogen) atoms. The van der Waals surface area contributed by atoms with Crippen LogP contribution in [0.3, 0.4) is 0 Å². The van der Waals surface area contributed by atoms with Crippen LogP contribution in [0.4, 0.5) is 0 Å². The molecule has 13 atom stereocenters. The van der Waals surface area contributed by atoms with Crippen LogP contribution in [0.15, 0.2) is 35.3 Å². The molecule has 32 nitrogen and oxygen atoms in total. The van der Waals surface area contributed by atoms with Gasteiger partial charge in [-0.3, -0.25) is 57.7 Å². The van der Waals surface area contributed by atoms with Gasteiger partial charge >= 0.3 is 17.9 Å². The van der Waals surface area contributed by atoms with Crippen LogP contribution in [0, 0.1) is 5.92 Å². The van der Waals surface area contributed by atoms with Gasteiger partial charge in [-0.2, -0.15) is 0 Å². The molecule has 1 aromatic carbocycles.